The SMILES string of the molecule is O=C(COc1ccc(C(=O)c2cc(Cl)ccc2Br)cc1)Nc1ccncc1. The molecule has 2 aromatic carbocycles. The number of nitrogens with zero attached hydrogens (tertiary/aromatic N) is 1. The molecule has 0 radical (unpaired) electrons. The fourth-order valence-electron chi connectivity index (χ4n) is 2.31. The quantitative estimate of drug-likeness (QED) is 0.556. The molecule has 0 bridgehead atoms. The molecule has 0 aliphatic carbocycles. The van der Waals surface area contributed by atoms with Crippen molar-refractivity contribution in [2.24, 2.45) is 0 Å². The van der Waals surface area contributed by atoms with Gasteiger partial charge in [-0.2, -0.15) is 0 Å². The van der Waals surface area contributed by atoms with Gasteiger partial charge < -0.3 is 10.1 Å². The van der Waals surface area contributed by atoms with Crippen LogP contribution in [0.1, 0.15) is 15.9 Å². The van der Waals surface area contributed by atoms with Gasteiger partial charge in [0.05, 0.1) is 0 Å². The van der Waals surface area contributed by atoms with Gasteiger partial charge in [-0.1, -0.05) is 27.5 Å². The molecule has 7 heteroatoms. The summed E-state index contributed by atoms with van der Waals surface area (Å²) in [5.41, 5.74) is 1.62. The Balaban J connectivity index is 1.61. The number of rotatable bonds is 6. The molecule has 0 fully saturated rings. The van der Waals surface area contributed by atoms with Crippen molar-refractivity contribution < 1.29 is 14.3 Å². The van der Waals surface area contributed by atoms with Gasteiger partial charge >= 0.3 is 0 Å². The molecule has 27 heavy (non-hydrogen) atoms. The predicted octanol–water partition coefficient (Wildman–Crippen LogP) is 4.75. The lowest BCUT2D eigenvalue weighted by atomic mass is 10.0. The first-order valence-corrected chi connectivity index (χ1v) is 9.12. The number of carbonyl (C=O) groups excluding carboxylic acids is 2. The van der Waals surface area contributed by atoms with E-state index in [0.717, 1.165) is 0 Å². The van der Waals surface area contributed by atoms with Crippen molar-refractivity contribution >= 4 is 44.9 Å². The predicted molar refractivity (Wildman–Crippen MR) is 107 cm³/mol. The number of carbonyl (C=O) groups is 2. The van der Waals surface area contributed by atoms with Crippen LogP contribution < -0.4 is 10.1 Å². The van der Waals surface area contributed by atoms with Crippen molar-refractivity contribution in [3.8, 4) is 5.75 Å². The molecule has 0 atom stereocenters. The van der Waals surface area contributed by atoms with Crippen molar-refractivity contribution in [3.05, 3.63) is 87.6 Å². The van der Waals surface area contributed by atoms with Crippen LogP contribution in [-0.4, -0.2) is 23.3 Å². The number of anilines is 1. The smallest absolute Gasteiger partial charge is 0.262 e. The summed E-state index contributed by atoms with van der Waals surface area (Å²) in [6, 6.07) is 15.0. The van der Waals surface area contributed by atoms with E-state index in [1.807, 2.05) is 0 Å². The van der Waals surface area contributed by atoms with Crippen LogP contribution in [0.25, 0.3) is 0 Å². The molecule has 3 aromatic rings. The fraction of sp³-hybridized carbons (Fsp3) is 0.0500. The maximum Gasteiger partial charge on any atom is 0.262 e. The van der Waals surface area contributed by atoms with Crippen LogP contribution in [0.2, 0.25) is 5.02 Å². The first-order valence-electron chi connectivity index (χ1n) is 7.95. The summed E-state index contributed by atoms with van der Waals surface area (Å²) in [4.78, 5) is 28.4. The molecule has 136 valence electrons. The molecule has 1 heterocycles. The average Bonchev–Trinajstić information content (AvgIpc) is 2.69. The highest BCUT2D eigenvalue weighted by Gasteiger charge is 2.13. The second-order valence-corrected chi connectivity index (χ2v) is 6.84. The third-order valence-corrected chi connectivity index (χ3v) is 4.55. The number of hydrogen-bond donors (Lipinski definition) is 1. The van der Waals surface area contributed by atoms with E-state index in [9.17, 15) is 9.59 Å². The summed E-state index contributed by atoms with van der Waals surface area (Å²) < 4.78 is 6.13. The van der Waals surface area contributed by atoms with E-state index in [4.69, 9.17) is 16.3 Å². The lowest BCUT2D eigenvalue weighted by molar-refractivity contribution is -0.118. The van der Waals surface area contributed by atoms with Gasteiger partial charge in [0.1, 0.15) is 5.75 Å². The molecular weight excluding hydrogens is 432 g/mol. The summed E-state index contributed by atoms with van der Waals surface area (Å²) in [5, 5.41) is 3.19. The van der Waals surface area contributed by atoms with Gasteiger partial charge in [0.15, 0.2) is 12.4 Å². The van der Waals surface area contributed by atoms with Gasteiger partial charge in [0.25, 0.3) is 5.91 Å². The van der Waals surface area contributed by atoms with Crippen LogP contribution in [0.5, 0.6) is 5.75 Å². The lowest BCUT2D eigenvalue weighted by Crippen LogP contribution is -2.20. The molecule has 3 rings (SSSR count). The zero-order valence-corrected chi connectivity index (χ0v) is 16.3. The Hall–Kier alpha value is -2.70. The first-order chi connectivity index (χ1) is 13.0. The van der Waals surface area contributed by atoms with E-state index in [0.29, 0.717) is 32.1 Å². The highest BCUT2D eigenvalue weighted by molar-refractivity contribution is 9.10. The van der Waals surface area contributed by atoms with Gasteiger partial charge in [0, 0.05) is 38.7 Å². The van der Waals surface area contributed by atoms with Gasteiger partial charge in [0.2, 0.25) is 0 Å². The normalized spacial score (nSPS) is 10.3. The third kappa shape index (κ3) is 5.15. The van der Waals surface area contributed by atoms with E-state index in [-0.39, 0.29) is 18.3 Å². The summed E-state index contributed by atoms with van der Waals surface area (Å²) >= 11 is 9.33. The van der Waals surface area contributed by atoms with Crippen LogP contribution in [0.4, 0.5) is 5.69 Å². The number of nitrogens with one attached hydrogen (secondary N) is 1. The number of benzene rings is 2. The number of ether oxygens (including phenoxy) is 1. The summed E-state index contributed by atoms with van der Waals surface area (Å²) in [6.07, 6.45) is 3.18. The minimum atomic E-state index is -0.288. The molecule has 0 aliphatic rings. The minimum Gasteiger partial charge on any atom is -0.484 e. The maximum absolute atomic E-state index is 12.6. The molecule has 5 nitrogen and oxygen atoms in total. The number of aromatic nitrogens is 1. The third-order valence-electron chi connectivity index (χ3n) is 3.62. The van der Waals surface area contributed by atoms with Crippen molar-refractivity contribution in [3.63, 3.8) is 0 Å². The number of pyridine rings is 1. The average molecular weight is 446 g/mol. The summed E-state index contributed by atoms with van der Waals surface area (Å²) in [7, 11) is 0. The van der Waals surface area contributed by atoms with Crippen molar-refractivity contribution in [2.75, 3.05) is 11.9 Å². The standard InChI is InChI=1S/C20H14BrClN2O3/c21-18-6-3-14(22)11-17(18)20(26)13-1-4-16(5-2-13)27-12-19(25)24-15-7-9-23-10-8-15/h1-11H,12H2,(H,23,24,25). The van der Waals surface area contributed by atoms with E-state index in [2.05, 4.69) is 26.2 Å². The molecule has 1 amide bonds. The number of halogens is 2. The van der Waals surface area contributed by atoms with Crippen LogP contribution in [0, 0.1) is 0 Å². The first kappa shape index (κ1) is 19.1. The molecule has 0 saturated carbocycles. The molecule has 1 N–H and O–H groups in total. The maximum atomic E-state index is 12.6. The molecule has 0 aliphatic heterocycles. The number of ketones is 1. The van der Waals surface area contributed by atoms with Crippen molar-refractivity contribution in [1.29, 1.82) is 0 Å². The van der Waals surface area contributed by atoms with Crippen LogP contribution >= 0.6 is 27.5 Å². The lowest BCUT2D eigenvalue weighted by Gasteiger charge is -2.08. The zero-order chi connectivity index (χ0) is 19.2. The van der Waals surface area contributed by atoms with Gasteiger partial charge in [-0.05, 0) is 54.6 Å². The van der Waals surface area contributed by atoms with E-state index < -0.39 is 0 Å². The Morgan fingerprint density at radius 1 is 1.04 bits per heavy atom. The Morgan fingerprint density at radius 3 is 2.44 bits per heavy atom. The summed E-state index contributed by atoms with van der Waals surface area (Å²) in [6.45, 7) is -0.143. The largest absolute Gasteiger partial charge is 0.484 e. The zero-order valence-electron chi connectivity index (χ0n) is 14.0. The second-order valence-electron chi connectivity index (χ2n) is 5.55. The molecule has 0 saturated heterocycles. The van der Waals surface area contributed by atoms with Crippen LogP contribution in [0.15, 0.2) is 71.5 Å². The van der Waals surface area contributed by atoms with Gasteiger partial charge in [-0.15, -0.1) is 0 Å². The van der Waals surface area contributed by atoms with Gasteiger partial charge in [-0.25, -0.2) is 0 Å². The van der Waals surface area contributed by atoms with E-state index in [1.54, 1.807) is 67.0 Å². The summed E-state index contributed by atoms with van der Waals surface area (Å²) in [5.74, 6) is 0.0390. The number of amides is 1. The number of hydrogen-bond acceptors (Lipinski definition) is 4. The molecule has 0 unspecified atom stereocenters. The van der Waals surface area contributed by atoms with Crippen LogP contribution in [-0.2, 0) is 4.79 Å². The monoisotopic (exact) mass is 444 g/mol. The van der Waals surface area contributed by atoms with Crippen LogP contribution in [0.3, 0.4) is 0 Å². The fourth-order valence-corrected chi connectivity index (χ4v) is 2.91. The van der Waals surface area contributed by atoms with Crippen molar-refractivity contribution in [1.82, 2.24) is 4.98 Å². The Labute approximate surface area is 169 Å². The topological polar surface area (TPSA) is 68.3 Å². The highest BCUT2D eigenvalue weighted by Crippen LogP contribution is 2.24. The Bertz CT molecular complexity index is 963. The van der Waals surface area contributed by atoms with Gasteiger partial charge in [-0.3, -0.25) is 14.6 Å². The highest BCUT2D eigenvalue weighted by atomic mass is 79.9. The molecule has 1 aromatic heterocycles. The van der Waals surface area contributed by atoms with E-state index in [1.165, 1.54) is 0 Å². The second kappa shape index (κ2) is 8.79. The molecular formula is C20H14BrClN2O3. The molecule has 0 spiro atoms. The minimum absolute atomic E-state index is 0.143. The Morgan fingerprint density at radius 2 is 1.74 bits per heavy atom. The van der Waals surface area contributed by atoms with Crippen molar-refractivity contribution in [2.45, 2.75) is 0 Å². The Kier molecular flexibility index (Phi) is 6.21. The van der Waals surface area contributed by atoms with E-state index >= 15 is 0 Å².